The lowest BCUT2D eigenvalue weighted by Crippen LogP contribution is -2.36. The molecule has 0 bridgehead atoms. The summed E-state index contributed by atoms with van der Waals surface area (Å²) < 4.78 is 40.7. The van der Waals surface area contributed by atoms with Crippen molar-refractivity contribution in [1.82, 2.24) is 10.6 Å². The number of benzene rings is 1. The molecule has 1 heterocycles. The van der Waals surface area contributed by atoms with Gasteiger partial charge in [-0.3, -0.25) is 4.99 Å². The molecule has 0 radical (unpaired) electrons. The van der Waals surface area contributed by atoms with Gasteiger partial charge in [-0.15, -0.1) is 24.0 Å². The molecule has 2 aromatic rings. The zero-order valence-corrected chi connectivity index (χ0v) is 17.3. The topological polar surface area (TPSA) is 45.7 Å². The average molecular weight is 499 g/mol. The molecule has 0 aliphatic carbocycles. The van der Waals surface area contributed by atoms with Crippen LogP contribution in [0.2, 0.25) is 0 Å². The number of thiophene rings is 1. The predicted octanol–water partition coefficient (Wildman–Crippen LogP) is 4.31. The van der Waals surface area contributed by atoms with Crippen LogP contribution in [0.15, 0.2) is 46.1 Å². The van der Waals surface area contributed by atoms with Crippen molar-refractivity contribution in [2.45, 2.75) is 25.9 Å². The Hall–Kier alpha value is -1.33. The zero-order valence-electron chi connectivity index (χ0n) is 14.2. The van der Waals surface area contributed by atoms with Gasteiger partial charge in [0, 0.05) is 20.1 Å². The number of alkyl halides is 3. The van der Waals surface area contributed by atoms with E-state index in [2.05, 4.69) is 25.7 Å². The molecular weight excluding hydrogens is 478 g/mol. The van der Waals surface area contributed by atoms with Gasteiger partial charge in [0.15, 0.2) is 5.96 Å². The molecule has 4 nitrogen and oxygen atoms in total. The fourth-order valence-corrected chi connectivity index (χ4v) is 2.69. The first-order chi connectivity index (χ1) is 12.0. The monoisotopic (exact) mass is 499 g/mol. The van der Waals surface area contributed by atoms with Gasteiger partial charge in [0.1, 0.15) is 6.61 Å². The van der Waals surface area contributed by atoms with E-state index in [0.29, 0.717) is 24.6 Å². The number of guanidine groups is 1. The van der Waals surface area contributed by atoms with E-state index in [4.69, 9.17) is 0 Å². The smallest absolute Gasteiger partial charge is 0.367 e. The standard InChI is InChI=1S/C17H20F3N3OS.HI/c1-21-16(23-9-15-6-7-25-11-15)22-8-13-2-4-14(5-3-13)10-24-12-17(18,19)20;/h2-7,11H,8-10,12H2,1H3,(H2,21,22,23);1H. The van der Waals surface area contributed by atoms with Crippen molar-refractivity contribution in [2.75, 3.05) is 13.7 Å². The Bertz CT molecular complexity index is 661. The van der Waals surface area contributed by atoms with Crippen molar-refractivity contribution in [1.29, 1.82) is 0 Å². The van der Waals surface area contributed by atoms with Gasteiger partial charge < -0.3 is 15.4 Å². The maximum Gasteiger partial charge on any atom is 0.411 e. The predicted molar refractivity (Wildman–Crippen MR) is 109 cm³/mol. The van der Waals surface area contributed by atoms with E-state index < -0.39 is 12.8 Å². The van der Waals surface area contributed by atoms with E-state index in [1.54, 1.807) is 30.5 Å². The molecule has 0 spiro atoms. The SMILES string of the molecule is CN=C(NCc1ccc(COCC(F)(F)F)cc1)NCc1ccsc1.I. The van der Waals surface area contributed by atoms with Crippen LogP contribution in [0.4, 0.5) is 13.2 Å². The van der Waals surface area contributed by atoms with E-state index >= 15 is 0 Å². The molecule has 26 heavy (non-hydrogen) atoms. The van der Waals surface area contributed by atoms with Gasteiger partial charge in [-0.1, -0.05) is 24.3 Å². The number of aliphatic imine (C=N–C) groups is 1. The molecule has 2 rings (SSSR count). The highest BCUT2D eigenvalue weighted by molar-refractivity contribution is 14.0. The fourth-order valence-electron chi connectivity index (χ4n) is 2.02. The number of nitrogens with one attached hydrogen (secondary N) is 2. The Balaban J connectivity index is 0.00000338. The Morgan fingerprint density at radius 2 is 1.65 bits per heavy atom. The molecule has 0 aliphatic rings. The second-order valence-corrected chi connectivity index (χ2v) is 6.12. The Morgan fingerprint density at radius 3 is 2.19 bits per heavy atom. The number of nitrogens with zero attached hydrogens (tertiary/aromatic N) is 1. The number of hydrogen-bond donors (Lipinski definition) is 2. The highest BCUT2D eigenvalue weighted by Crippen LogP contribution is 2.15. The minimum absolute atomic E-state index is 0. The van der Waals surface area contributed by atoms with E-state index in [-0.39, 0.29) is 30.6 Å². The molecule has 144 valence electrons. The third kappa shape index (κ3) is 8.86. The minimum Gasteiger partial charge on any atom is -0.367 e. The maximum atomic E-state index is 12.0. The number of rotatable bonds is 7. The lowest BCUT2D eigenvalue weighted by atomic mass is 10.1. The highest BCUT2D eigenvalue weighted by atomic mass is 127. The second-order valence-electron chi connectivity index (χ2n) is 5.34. The van der Waals surface area contributed by atoms with Crippen LogP contribution in [0.5, 0.6) is 0 Å². The van der Waals surface area contributed by atoms with Gasteiger partial charge in [-0.25, -0.2) is 0 Å². The summed E-state index contributed by atoms with van der Waals surface area (Å²) in [6.07, 6.45) is -4.30. The van der Waals surface area contributed by atoms with Crippen molar-refractivity contribution in [3.05, 3.63) is 57.8 Å². The first-order valence-electron chi connectivity index (χ1n) is 7.64. The summed E-state index contributed by atoms with van der Waals surface area (Å²) >= 11 is 1.64. The molecule has 0 atom stereocenters. The summed E-state index contributed by atoms with van der Waals surface area (Å²) in [6, 6.07) is 9.27. The van der Waals surface area contributed by atoms with E-state index in [9.17, 15) is 13.2 Å². The van der Waals surface area contributed by atoms with Crippen LogP contribution in [-0.2, 0) is 24.4 Å². The molecule has 0 unspecified atom stereocenters. The van der Waals surface area contributed by atoms with Gasteiger partial charge >= 0.3 is 6.18 Å². The molecule has 9 heteroatoms. The lowest BCUT2D eigenvalue weighted by molar-refractivity contribution is -0.176. The van der Waals surface area contributed by atoms with Crippen LogP contribution in [0.3, 0.4) is 0 Å². The van der Waals surface area contributed by atoms with Crippen molar-refractivity contribution < 1.29 is 17.9 Å². The van der Waals surface area contributed by atoms with Crippen LogP contribution >= 0.6 is 35.3 Å². The Labute approximate surface area is 171 Å². The van der Waals surface area contributed by atoms with E-state index in [1.165, 1.54) is 5.56 Å². The first-order valence-corrected chi connectivity index (χ1v) is 8.58. The Kier molecular flexibility index (Phi) is 9.96. The third-order valence-corrected chi connectivity index (χ3v) is 4.01. The van der Waals surface area contributed by atoms with Gasteiger partial charge in [-0.2, -0.15) is 24.5 Å². The summed E-state index contributed by atoms with van der Waals surface area (Å²) in [7, 11) is 1.70. The molecule has 0 aliphatic heterocycles. The van der Waals surface area contributed by atoms with Crippen LogP contribution in [0, 0.1) is 0 Å². The summed E-state index contributed by atoms with van der Waals surface area (Å²) in [5.41, 5.74) is 2.89. The normalized spacial score (nSPS) is 11.8. The molecule has 0 saturated heterocycles. The molecule has 0 fully saturated rings. The molecule has 0 saturated carbocycles. The summed E-state index contributed by atoms with van der Waals surface area (Å²) in [6.45, 7) is -0.0365. The van der Waals surface area contributed by atoms with Gasteiger partial charge in [0.05, 0.1) is 6.61 Å². The van der Waals surface area contributed by atoms with Crippen LogP contribution in [0.25, 0.3) is 0 Å². The minimum atomic E-state index is -4.30. The van der Waals surface area contributed by atoms with Crippen molar-refractivity contribution >= 4 is 41.3 Å². The summed E-state index contributed by atoms with van der Waals surface area (Å²) in [4.78, 5) is 4.15. The average Bonchev–Trinajstić information content (AvgIpc) is 3.08. The molecular formula is C17H21F3IN3OS. The van der Waals surface area contributed by atoms with Crippen molar-refractivity contribution in [3.8, 4) is 0 Å². The Morgan fingerprint density at radius 1 is 1.04 bits per heavy atom. The summed E-state index contributed by atoms with van der Waals surface area (Å²) in [5.74, 6) is 0.684. The van der Waals surface area contributed by atoms with E-state index in [0.717, 1.165) is 5.56 Å². The van der Waals surface area contributed by atoms with Gasteiger partial charge in [-0.05, 0) is 33.5 Å². The molecule has 2 N–H and O–H groups in total. The van der Waals surface area contributed by atoms with Gasteiger partial charge in [0.25, 0.3) is 0 Å². The fraction of sp³-hybridized carbons (Fsp3) is 0.353. The number of hydrogen-bond acceptors (Lipinski definition) is 3. The zero-order chi connectivity index (χ0) is 18.1. The van der Waals surface area contributed by atoms with Crippen LogP contribution < -0.4 is 10.6 Å². The molecule has 0 amide bonds. The van der Waals surface area contributed by atoms with Crippen molar-refractivity contribution in [2.24, 2.45) is 4.99 Å². The number of halogens is 4. The van der Waals surface area contributed by atoms with Crippen molar-refractivity contribution in [3.63, 3.8) is 0 Å². The third-order valence-electron chi connectivity index (χ3n) is 3.28. The lowest BCUT2D eigenvalue weighted by Gasteiger charge is -2.12. The van der Waals surface area contributed by atoms with Crippen LogP contribution in [0.1, 0.15) is 16.7 Å². The van der Waals surface area contributed by atoms with Crippen LogP contribution in [-0.4, -0.2) is 25.8 Å². The quantitative estimate of drug-likeness (QED) is 0.339. The number of ether oxygens (including phenoxy) is 1. The first kappa shape index (κ1) is 22.7. The maximum absolute atomic E-state index is 12.0. The second kappa shape index (κ2) is 11.4. The molecule has 1 aromatic heterocycles. The highest BCUT2D eigenvalue weighted by Gasteiger charge is 2.27. The largest absolute Gasteiger partial charge is 0.411 e. The molecule has 1 aromatic carbocycles. The summed E-state index contributed by atoms with van der Waals surface area (Å²) in [5, 5.41) is 10.5. The van der Waals surface area contributed by atoms with Gasteiger partial charge in [0.2, 0.25) is 0 Å². The van der Waals surface area contributed by atoms with E-state index in [1.807, 2.05) is 23.6 Å².